The van der Waals surface area contributed by atoms with E-state index in [2.05, 4.69) is 9.97 Å². The average Bonchev–Trinajstić information content (AvgIpc) is 3.32. The van der Waals surface area contributed by atoms with Crippen molar-refractivity contribution in [2.24, 2.45) is 0 Å². The van der Waals surface area contributed by atoms with E-state index >= 15 is 0 Å². The van der Waals surface area contributed by atoms with Crippen molar-refractivity contribution in [3.05, 3.63) is 56.3 Å². The maximum absolute atomic E-state index is 13.7. The summed E-state index contributed by atoms with van der Waals surface area (Å²) in [7, 11) is 0. The molecule has 0 fully saturated rings. The summed E-state index contributed by atoms with van der Waals surface area (Å²) in [6.45, 7) is 3.41. The lowest BCUT2D eigenvalue weighted by atomic mass is 9.91. The monoisotopic (exact) mass is 451 g/mol. The quantitative estimate of drug-likeness (QED) is 0.576. The number of carbonyl (C=O) groups is 1. The molecule has 0 amide bonds. The van der Waals surface area contributed by atoms with Gasteiger partial charge in [0.2, 0.25) is 5.60 Å². The minimum atomic E-state index is -5.14. The van der Waals surface area contributed by atoms with Crippen LogP contribution < -0.4 is 0 Å². The molecular formula is C20H16F3N3O2S2. The zero-order valence-electron chi connectivity index (χ0n) is 15.9. The molecule has 1 N–H and O–H groups in total. The number of Topliss-reactive ketones (excluding diaryl/α,β-unsaturated/α-hetero) is 1. The number of hydrogen-bond acceptors (Lipinski definition) is 7. The molecule has 0 bridgehead atoms. The minimum Gasteiger partial charge on any atom is -0.374 e. The predicted molar refractivity (Wildman–Crippen MR) is 107 cm³/mol. The Bertz CT molecular complexity index is 1100. The highest BCUT2D eigenvalue weighted by Crippen LogP contribution is 2.44. The van der Waals surface area contributed by atoms with E-state index in [0.717, 1.165) is 22.5 Å². The van der Waals surface area contributed by atoms with Crippen LogP contribution in [0.5, 0.6) is 0 Å². The number of carbonyl (C=O) groups excluding carboxylic acids is 1. The molecule has 0 unspecified atom stereocenters. The summed E-state index contributed by atoms with van der Waals surface area (Å²) in [6.07, 6.45) is -6.45. The molecule has 0 aliphatic rings. The third-order valence-corrected chi connectivity index (χ3v) is 6.46. The SMILES string of the molecule is Cc1ccc(-c2csc([C@@H](C#N)C(=O)C[C@](O)(c3nc(C)cs3)C(F)(F)F)n2)cc1. The van der Waals surface area contributed by atoms with Crippen molar-refractivity contribution in [2.75, 3.05) is 0 Å². The van der Waals surface area contributed by atoms with E-state index in [1.165, 1.54) is 12.3 Å². The molecule has 30 heavy (non-hydrogen) atoms. The molecule has 2 heterocycles. The molecule has 3 rings (SSSR count). The van der Waals surface area contributed by atoms with Crippen LogP contribution in [0.25, 0.3) is 11.3 Å². The van der Waals surface area contributed by atoms with Crippen molar-refractivity contribution in [1.29, 1.82) is 5.26 Å². The Morgan fingerprint density at radius 2 is 1.83 bits per heavy atom. The molecule has 156 valence electrons. The van der Waals surface area contributed by atoms with Gasteiger partial charge in [0, 0.05) is 22.0 Å². The zero-order chi connectivity index (χ0) is 22.1. The van der Waals surface area contributed by atoms with Gasteiger partial charge in [0.05, 0.1) is 18.2 Å². The van der Waals surface area contributed by atoms with Gasteiger partial charge in [-0.05, 0) is 13.8 Å². The summed E-state index contributed by atoms with van der Waals surface area (Å²) in [6, 6.07) is 9.13. The fourth-order valence-corrected chi connectivity index (χ4v) is 4.54. The van der Waals surface area contributed by atoms with Gasteiger partial charge in [-0.25, -0.2) is 9.97 Å². The number of hydrogen-bond donors (Lipinski definition) is 1. The third kappa shape index (κ3) is 4.28. The second-order valence-corrected chi connectivity index (χ2v) is 8.54. The lowest BCUT2D eigenvalue weighted by Gasteiger charge is -2.28. The van der Waals surface area contributed by atoms with Gasteiger partial charge in [-0.3, -0.25) is 4.79 Å². The maximum Gasteiger partial charge on any atom is 0.424 e. The van der Waals surface area contributed by atoms with E-state index in [1.807, 2.05) is 31.2 Å². The Balaban J connectivity index is 1.89. The summed E-state index contributed by atoms with van der Waals surface area (Å²) in [4.78, 5) is 20.7. The molecule has 10 heteroatoms. The highest BCUT2D eigenvalue weighted by molar-refractivity contribution is 7.10. The number of ketones is 1. The Morgan fingerprint density at radius 1 is 1.17 bits per heavy atom. The minimum absolute atomic E-state index is 0.0814. The van der Waals surface area contributed by atoms with Crippen LogP contribution in [0.1, 0.15) is 33.6 Å². The van der Waals surface area contributed by atoms with E-state index in [0.29, 0.717) is 22.7 Å². The summed E-state index contributed by atoms with van der Waals surface area (Å²) in [5.74, 6) is -2.60. The number of rotatable bonds is 6. The van der Waals surface area contributed by atoms with Crippen LogP contribution in [-0.2, 0) is 10.4 Å². The van der Waals surface area contributed by atoms with Crippen molar-refractivity contribution in [2.45, 2.75) is 38.0 Å². The second-order valence-electron chi connectivity index (χ2n) is 6.79. The molecule has 2 atom stereocenters. The van der Waals surface area contributed by atoms with Crippen LogP contribution >= 0.6 is 22.7 Å². The van der Waals surface area contributed by atoms with Crippen LogP contribution in [0.4, 0.5) is 13.2 Å². The number of benzene rings is 1. The van der Waals surface area contributed by atoms with Gasteiger partial charge in [-0.1, -0.05) is 29.8 Å². The van der Waals surface area contributed by atoms with Gasteiger partial charge in [0.25, 0.3) is 0 Å². The van der Waals surface area contributed by atoms with Gasteiger partial charge in [0.15, 0.2) is 11.7 Å². The molecule has 1 aromatic carbocycles. The molecule has 0 saturated carbocycles. The number of alkyl halides is 3. The van der Waals surface area contributed by atoms with E-state index in [1.54, 1.807) is 11.4 Å². The first kappa shape index (κ1) is 22.1. The number of nitrogens with zero attached hydrogens (tertiary/aromatic N) is 3. The first-order chi connectivity index (χ1) is 14.0. The van der Waals surface area contributed by atoms with Crippen LogP contribution in [-0.4, -0.2) is 27.0 Å². The summed E-state index contributed by atoms with van der Waals surface area (Å²) in [5, 5.41) is 22.3. The van der Waals surface area contributed by atoms with Crippen LogP contribution in [0, 0.1) is 25.2 Å². The van der Waals surface area contributed by atoms with Gasteiger partial charge in [-0.15, -0.1) is 22.7 Å². The third-order valence-electron chi connectivity index (χ3n) is 4.44. The summed E-state index contributed by atoms with van der Waals surface area (Å²) in [5.41, 5.74) is -0.843. The molecule has 0 aliphatic heterocycles. The van der Waals surface area contributed by atoms with Gasteiger partial charge in [0.1, 0.15) is 10.0 Å². The lowest BCUT2D eigenvalue weighted by molar-refractivity contribution is -0.267. The largest absolute Gasteiger partial charge is 0.424 e. The van der Waals surface area contributed by atoms with Gasteiger partial charge in [-0.2, -0.15) is 18.4 Å². The topological polar surface area (TPSA) is 86.9 Å². The molecule has 5 nitrogen and oxygen atoms in total. The molecule has 0 aliphatic carbocycles. The predicted octanol–water partition coefficient (Wildman–Crippen LogP) is 4.90. The fourth-order valence-electron chi connectivity index (χ4n) is 2.74. The average molecular weight is 451 g/mol. The van der Waals surface area contributed by atoms with Crippen molar-refractivity contribution >= 4 is 28.5 Å². The van der Waals surface area contributed by atoms with Crippen LogP contribution in [0.3, 0.4) is 0 Å². The number of aromatic nitrogens is 2. The number of aliphatic hydroxyl groups is 1. The smallest absolute Gasteiger partial charge is 0.374 e. The first-order valence-electron chi connectivity index (χ1n) is 8.71. The summed E-state index contributed by atoms with van der Waals surface area (Å²) >= 11 is 1.63. The fraction of sp³-hybridized carbons (Fsp3) is 0.300. The van der Waals surface area contributed by atoms with E-state index in [4.69, 9.17) is 0 Å². The van der Waals surface area contributed by atoms with E-state index in [9.17, 15) is 28.3 Å². The number of halogens is 3. The van der Waals surface area contributed by atoms with E-state index < -0.39 is 34.9 Å². The Kier molecular flexibility index (Phi) is 6.08. The van der Waals surface area contributed by atoms with Gasteiger partial charge < -0.3 is 5.11 Å². The van der Waals surface area contributed by atoms with Gasteiger partial charge >= 0.3 is 6.18 Å². The van der Waals surface area contributed by atoms with Crippen molar-refractivity contribution in [3.63, 3.8) is 0 Å². The highest BCUT2D eigenvalue weighted by atomic mass is 32.1. The van der Waals surface area contributed by atoms with Crippen molar-refractivity contribution in [3.8, 4) is 17.3 Å². The van der Waals surface area contributed by atoms with E-state index in [-0.39, 0.29) is 5.01 Å². The Morgan fingerprint density at radius 3 is 2.37 bits per heavy atom. The number of thiazole rings is 2. The normalized spacial score (nSPS) is 14.7. The highest BCUT2D eigenvalue weighted by Gasteiger charge is 2.58. The molecular weight excluding hydrogens is 435 g/mol. The lowest BCUT2D eigenvalue weighted by Crippen LogP contribution is -2.44. The molecule has 2 aromatic heterocycles. The molecule has 0 spiro atoms. The van der Waals surface area contributed by atoms with Crippen molar-refractivity contribution in [1.82, 2.24) is 9.97 Å². The molecule has 0 saturated heterocycles. The maximum atomic E-state index is 13.7. The van der Waals surface area contributed by atoms with Crippen LogP contribution in [0.2, 0.25) is 0 Å². The Hall–Kier alpha value is -2.61. The van der Waals surface area contributed by atoms with Crippen molar-refractivity contribution < 1.29 is 23.1 Å². The Labute approximate surface area is 178 Å². The molecule has 0 radical (unpaired) electrons. The number of aryl methyl sites for hydroxylation is 2. The van der Waals surface area contributed by atoms with Crippen LogP contribution in [0.15, 0.2) is 35.0 Å². The zero-order valence-corrected chi connectivity index (χ0v) is 17.5. The summed E-state index contributed by atoms with van der Waals surface area (Å²) < 4.78 is 41.0. The first-order valence-corrected chi connectivity index (χ1v) is 10.5. The second kappa shape index (κ2) is 8.26. The number of nitriles is 1. The standard InChI is InChI=1S/C20H16F3N3O2S2/c1-11-3-5-13(6-4-11)15-10-29-17(26-15)14(8-24)16(27)7-19(28,20(21,22)23)18-25-12(2)9-30-18/h3-6,9-10,14,28H,7H2,1-2H3/t14-,19-/m0/s1. The molecule has 3 aromatic rings.